The Hall–Kier alpha value is -1.30. The van der Waals surface area contributed by atoms with Gasteiger partial charge in [0.05, 0.1) is 0 Å². The van der Waals surface area contributed by atoms with Crippen LogP contribution < -0.4 is 0 Å². The number of nitrogens with zero attached hydrogens (tertiary/aromatic N) is 4. The van der Waals surface area contributed by atoms with E-state index in [4.69, 9.17) is 0 Å². The van der Waals surface area contributed by atoms with E-state index in [2.05, 4.69) is 9.80 Å². The standard InChI is InChI=1S/C16H30N4O2/c1-17(2)12-13-20-14(21)6-8-16(20)7-5-10-19(11-9-16)15(22)18(3)4/h5-13H2,1-4H3/t16-/m0/s1. The number of hydrogen-bond donors (Lipinski definition) is 0. The Bertz CT molecular complexity index is 424. The molecule has 0 unspecified atom stereocenters. The van der Waals surface area contributed by atoms with E-state index in [0.29, 0.717) is 6.42 Å². The quantitative estimate of drug-likeness (QED) is 0.783. The van der Waals surface area contributed by atoms with Gasteiger partial charge in [0.2, 0.25) is 5.91 Å². The van der Waals surface area contributed by atoms with Crippen molar-refractivity contribution in [1.82, 2.24) is 19.6 Å². The van der Waals surface area contributed by atoms with Crippen molar-refractivity contribution in [3.05, 3.63) is 0 Å². The summed E-state index contributed by atoms with van der Waals surface area (Å²) in [5.41, 5.74) is -0.0194. The van der Waals surface area contributed by atoms with E-state index >= 15 is 0 Å². The zero-order valence-corrected chi connectivity index (χ0v) is 14.5. The highest BCUT2D eigenvalue weighted by Gasteiger charge is 2.45. The molecule has 0 bridgehead atoms. The second kappa shape index (κ2) is 6.86. The van der Waals surface area contributed by atoms with Crippen LogP contribution >= 0.6 is 0 Å². The van der Waals surface area contributed by atoms with E-state index in [1.54, 1.807) is 19.0 Å². The summed E-state index contributed by atoms with van der Waals surface area (Å²) >= 11 is 0. The van der Waals surface area contributed by atoms with Gasteiger partial charge in [0.15, 0.2) is 0 Å². The molecule has 0 aromatic carbocycles. The first-order chi connectivity index (χ1) is 10.4. The van der Waals surface area contributed by atoms with E-state index in [1.165, 1.54) is 0 Å². The lowest BCUT2D eigenvalue weighted by Crippen LogP contribution is -2.49. The van der Waals surface area contributed by atoms with E-state index in [-0.39, 0.29) is 17.5 Å². The van der Waals surface area contributed by atoms with Crippen LogP contribution in [0.4, 0.5) is 4.79 Å². The topological polar surface area (TPSA) is 47.1 Å². The van der Waals surface area contributed by atoms with Gasteiger partial charge < -0.3 is 19.6 Å². The Balaban J connectivity index is 2.06. The number of amides is 3. The van der Waals surface area contributed by atoms with Crippen LogP contribution in [0.25, 0.3) is 0 Å². The van der Waals surface area contributed by atoms with Gasteiger partial charge in [-0.25, -0.2) is 4.79 Å². The summed E-state index contributed by atoms with van der Waals surface area (Å²) in [4.78, 5) is 32.3. The highest BCUT2D eigenvalue weighted by Crippen LogP contribution is 2.39. The summed E-state index contributed by atoms with van der Waals surface area (Å²) in [5.74, 6) is 0.286. The molecule has 0 N–H and O–H groups in total. The minimum absolute atomic E-state index is 0.0194. The maximum absolute atomic E-state index is 12.3. The summed E-state index contributed by atoms with van der Waals surface area (Å²) in [6, 6.07) is 0.0845. The Labute approximate surface area is 134 Å². The monoisotopic (exact) mass is 310 g/mol. The maximum atomic E-state index is 12.3. The maximum Gasteiger partial charge on any atom is 0.319 e. The summed E-state index contributed by atoms with van der Waals surface area (Å²) in [6.45, 7) is 3.25. The van der Waals surface area contributed by atoms with Crippen LogP contribution in [0.3, 0.4) is 0 Å². The van der Waals surface area contributed by atoms with Gasteiger partial charge in [0.1, 0.15) is 0 Å². The minimum atomic E-state index is -0.0194. The molecule has 2 saturated heterocycles. The zero-order chi connectivity index (χ0) is 16.3. The van der Waals surface area contributed by atoms with Crippen molar-refractivity contribution in [2.45, 2.75) is 37.6 Å². The number of likely N-dealkylation sites (N-methyl/N-ethyl adjacent to an activating group) is 1. The van der Waals surface area contributed by atoms with E-state index in [0.717, 1.165) is 51.9 Å². The summed E-state index contributed by atoms with van der Waals surface area (Å²) < 4.78 is 0. The summed E-state index contributed by atoms with van der Waals surface area (Å²) in [6.07, 6.45) is 4.51. The lowest BCUT2D eigenvalue weighted by atomic mass is 9.87. The fourth-order valence-electron chi connectivity index (χ4n) is 3.71. The Morgan fingerprint density at radius 2 is 1.86 bits per heavy atom. The average molecular weight is 310 g/mol. The van der Waals surface area contributed by atoms with Crippen molar-refractivity contribution in [3.8, 4) is 0 Å². The third-order valence-electron chi connectivity index (χ3n) is 5.02. The van der Waals surface area contributed by atoms with Gasteiger partial charge in [-0.3, -0.25) is 4.79 Å². The third-order valence-corrected chi connectivity index (χ3v) is 5.02. The molecule has 0 aromatic rings. The first-order valence-corrected chi connectivity index (χ1v) is 8.27. The van der Waals surface area contributed by atoms with Crippen molar-refractivity contribution in [1.29, 1.82) is 0 Å². The SMILES string of the molecule is CN(C)CCN1C(=O)CC[C@]12CCCN(C(=O)N(C)C)CC2. The molecule has 1 atom stereocenters. The molecular weight excluding hydrogens is 280 g/mol. The van der Waals surface area contributed by atoms with Crippen LogP contribution in [-0.4, -0.2) is 91.4 Å². The van der Waals surface area contributed by atoms with Crippen molar-refractivity contribution < 1.29 is 9.59 Å². The van der Waals surface area contributed by atoms with Crippen LogP contribution in [0.2, 0.25) is 0 Å². The van der Waals surface area contributed by atoms with Gasteiger partial charge >= 0.3 is 6.03 Å². The first kappa shape index (κ1) is 17.1. The van der Waals surface area contributed by atoms with Gasteiger partial charge in [0.25, 0.3) is 0 Å². The molecule has 6 nitrogen and oxygen atoms in total. The van der Waals surface area contributed by atoms with Crippen LogP contribution in [0.1, 0.15) is 32.1 Å². The predicted octanol–water partition coefficient (Wildman–Crippen LogP) is 1.08. The molecule has 0 aromatic heterocycles. The first-order valence-electron chi connectivity index (χ1n) is 8.27. The van der Waals surface area contributed by atoms with Gasteiger partial charge in [-0.2, -0.15) is 0 Å². The molecule has 1 spiro atoms. The third kappa shape index (κ3) is 3.54. The molecular formula is C16H30N4O2. The molecule has 0 saturated carbocycles. The number of likely N-dealkylation sites (tertiary alicyclic amines) is 2. The van der Waals surface area contributed by atoms with Crippen molar-refractivity contribution in [2.24, 2.45) is 0 Å². The zero-order valence-electron chi connectivity index (χ0n) is 14.5. The molecule has 22 heavy (non-hydrogen) atoms. The second-order valence-electron chi connectivity index (χ2n) is 7.09. The average Bonchev–Trinajstić information content (AvgIpc) is 2.63. The van der Waals surface area contributed by atoms with Gasteiger partial charge in [-0.05, 0) is 39.8 Å². The van der Waals surface area contributed by atoms with E-state index in [1.807, 2.05) is 19.0 Å². The second-order valence-corrected chi connectivity index (χ2v) is 7.09. The van der Waals surface area contributed by atoms with Crippen LogP contribution in [0, 0.1) is 0 Å². The van der Waals surface area contributed by atoms with Crippen molar-refractivity contribution in [2.75, 3.05) is 54.4 Å². The van der Waals surface area contributed by atoms with Crippen LogP contribution in [0.15, 0.2) is 0 Å². The molecule has 6 heteroatoms. The summed E-state index contributed by atoms with van der Waals surface area (Å²) in [7, 11) is 7.67. The van der Waals surface area contributed by atoms with Crippen molar-refractivity contribution in [3.63, 3.8) is 0 Å². The lowest BCUT2D eigenvalue weighted by molar-refractivity contribution is -0.131. The number of urea groups is 1. The molecule has 0 radical (unpaired) electrons. The Morgan fingerprint density at radius 1 is 1.14 bits per heavy atom. The minimum Gasteiger partial charge on any atom is -0.336 e. The van der Waals surface area contributed by atoms with E-state index < -0.39 is 0 Å². The number of carbonyl (C=O) groups excluding carboxylic acids is 2. The van der Waals surface area contributed by atoms with Crippen LogP contribution in [-0.2, 0) is 4.79 Å². The Morgan fingerprint density at radius 3 is 2.50 bits per heavy atom. The normalized spacial score (nSPS) is 26.0. The fourth-order valence-corrected chi connectivity index (χ4v) is 3.71. The predicted molar refractivity (Wildman–Crippen MR) is 86.7 cm³/mol. The number of hydrogen-bond acceptors (Lipinski definition) is 3. The fraction of sp³-hybridized carbons (Fsp3) is 0.875. The summed E-state index contributed by atoms with van der Waals surface area (Å²) in [5, 5.41) is 0. The number of carbonyl (C=O) groups is 2. The van der Waals surface area contributed by atoms with Gasteiger partial charge in [-0.1, -0.05) is 0 Å². The molecule has 126 valence electrons. The molecule has 3 amide bonds. The lowest BCUT2D eigenvalue weighted by Gasteiger charge is -2.38. The molecule has 0 aliphatic carbocycles. The van der Waals surface area contributed by atoms with Crippen LogP contribution in [0.5, 0.6) is 0 Å². The Kier molecular flexibility index (Phi) is 5.32. The van der Waals surface area contributed by atoms with Gasteiger partial charge in [0, 0.05) is 52.2 Å². The smallest absolute Gasteiger partial charge is 0.319 e. The highest BCUT2D eigenvalue weighted by atomic mass is 16.2. The molecule has 2 aliphatic rings. The number of rotatable bonds is 3. The highest BCUT2D eigenvalue weighted by molar-refractivity contribution is 5.80. The molecule has 2 aliphatic heterocycles. The molecule has 2 heterocycles. The van der Waals surface area contributed by atoms with Gasteiger partial charge in [-0.15, -0.1) is 0 Å². The van der Waals surface area contributed by atoms with E-state index in [9.17, 15) is 9.59 Å². The molecule has 2 fully saturated rings. The largest absolute Gasteiger partial charge is 0.336 e. The van der Waals surface area contributed by atoms with Crippen molar-refractivity contribution >= 4 is 11.9 Å². The molecule has 2 rings (SSSR count).